The molecule has 0 saturated carbocycles. The highest BCUT2D eigenvalue weighted by Crippen LogP contribution is 2.03. The van der Waals surface area contributed by atoms with E-state index in [0.717, 1.165) is 12.8 Å². The summed E-state index contributed by atoms with van der Waals surface area (Å²) >= 11 is 5.01. The normalized spacial score (nSPS) is 11.0. The molecule has 0 spiro atoms. The summed E-state index contributed by atoms with van der Waals surface area (Å²) in [5.41, 5.74) is 1.22. The van der Waals surface area contributed by atoms with Crippen molar-refractivity contribution < 1.29 is 9.53 Å². The summed E-state index contributed by atoms with van der Waals surface area (Å²) in [5.74, 6) is -0.0535. The van der Waals surface area contributed by atoms with Crippen molar-refractivity contribution in [3.8, 4) is 0 Å². The summed E-state index contributed by atoms with van der Waals surface area (Å²) in [5, 5.41) is 3.13. The molecule has 0 saturated heterocycles. The van der Waals surface area contributed by atoms with Crippen molar-refractivity contribution in [2.75, 3.05) is 13.2 Å². The summed E-state index contributed by atoms with van der Waals surface area (Å²) in [6.07, 6.45) is 4.01. The number of rotatable bonds is 6. The van der Waals surface area contributed by atoms with Crippen LogP contribution >= 0.6 is 12.2 Å². The molecular weight excluding hydrogens is 210 g/mol. The smallest absolute Gasteiger partial charge is 0.216 e. The quantitative estimate of drug-likeness (QED) is 0.431. The predicted octanol–water partition coefficient (Wildman–Crippen LogP) is 2.21. The lowest BCUT2D eigenvalue weighted by Gasteiger charge is -2.05. The van der Waals surface area contributed by atoms with Gasteiger partial charge in [-0.2, -0.15) is 0 Å². The Morgan fingerprint density at radius 2 is 2.13 bits per heavy atom. The van der Waals surface area contributed by atoms with E-state index in [2.05, 4.69) is 12.2 Å². The van der Waals surface area contributed by atoms with E-state index in [9.17, 15) is 4.79 Å². The Hall–Kier alpha value is -0.900. The second-order valence-electron chi connectivity index (χ2n) is 3.39. The summed E-state index contributed by atoms with van der Waals surface area (Å²) in [6.45, 7) is 6.55. The number of nitrogens with one attached hydrogen (secondary N) is 1. The van der Waals surface area contributed by atoms with E-state index in [0.29, 0.717) is 18.2 Å². The molecule has 0 aromatic rings. The lowest BCUT2D eigenvalue weighted by molar-refractivity contribution is -0.119. The Kier molecular flexibility index (Phi) is 7.91. The number of ether oxygens (including phenoxy) is 1. The van der Waals surface area contributed by atoms with E-state index in [1.54, 1.807) is 0 Å². The van der Waals surface area contributed by atoms with Gasteiger partial charge in [0.15, 0.2) is 5.05 Å². The molecule has 0 bridgehead atoms. The largest absolute Gasteiger partial charge is 0.481 e. The average molecular weight is 229 g/mol. The van der Waals surface area contributed by atoms with Crippen LogP contribution in [0.2, 0.25) is 0 Å². The van der Waals surface area contributed by atoms with Gasteiger partial charge in [-0.15, -0.1) is 0 Å². The van der Waals surface area contributed by atoms with Gasteiger partial charge in [0.05, 0.1) is 6.54 Å². The molecule has 86 valence electrons. The highest BCUT2D eigenvalue weighted by Gasteiger charge is 1.95. The number of carbonyl (C=O) groups excluding carboxylic acids is 1. The third kappa shape index (κ3) is 9.41. The van der Waals surface area contributed by atoms with Crippen molar-refractivity contribution in [1.29, 1.82) is 0 Å². The molecule has 1 N–H and O–H groups in total. The van der Waals surface area contributed by atoms with Crippen LogP contribution in [-0.4, -0.2) is 24.1 Å². The SMILES string of the molecule is CCC/C(C)=C/C(=S)OCCNC(C)=O. The van der Waals surface area contributed by atoms with Gasteiger partial charge >= 0.3 is 0 Å². The van der Waals surface area contributed by atoms with Gasteiger partial charge in [-0.05, 0) is 31.6 Å². The van der Waals surface area contributed by atoms with Gasteiger partial charge in [-0.3, -0.25) is 4.79 Å². The molecule has 4 heteroatoms. The molecule has 0 aromatic carbocycles. The van der Waals surface area contributed by atoms with E-state index in [-0.39, 0.29) is 5.91 Å². The maximum atomic E-state index is 10.5. The average Bonchev–Trinajstić information content (AvgIpc) is 2.12. The third-order valence-corrected chi connectivity index (χ3v) is 1.96. The molecule has 0 aliphatic heterocycles. The summed E-state index contributed by atoms with van der Waals surface area (Å²) < 4.78 is 5.25. The molecule has 0 radical (unpaired) electrons. The lowest BCUT2D eigenvalue weighted by atomic mass is 10.2. The Labute approximate surface area is 96.9 Å². The van der Waals surface area contributed by atoms with Crippen LogP contribution in [-0.2, 0) is 9.53 Å². The fraction of sp³-hybridized carbons (Fsp3) is 0.636. The number of amides is 1. The minimum absolute atomic E-state index is 0.0535. The van der Waals surface area contributed by atoms with Crippen LogP contribution in [0.15, 0.2) is 11.6 Å². The van der Waals surface area contributed by atoms with E-state index in [4.69, 9.17) is 17.0 Å². The molecule has 0 heterocycles. The van der Waals surface area contributed by atoms with Gasteiger partial charge in [-0.25, -0.2) is 0 Å². The lowest BCUT2D eigenvalue weighted by Crippen LogP contribution is -2.24. The first kappa shape index (κ1) is 14.1. The zero-order valence-corrected chi connectivity index (χ0v) is 10.4. The van der Waals surface area contributed by atoms with Gasteiger partial charge in [-0.1, -0.05) is 18.9 Å². The second kappa shape index (κ2) is 8.41. The highest BCUT2D eigenvalue weighted by molar-refractivity contribution is 7.80. The molecule has 15 heavy (non-hydrogen) atoms. The van der Waals surface area contributed by atoms with Crippen molar-refractivity contribution >= 4 is 23.2 Å². The van der Waals surface area contributed by atoms with Gasteiger partial charge in [0, 0.05) is 6.92 Å². The minimum Gasteiger partial charge on any atom is -0.481 e. The zero-order chi connectivity index (χ0) is 11.7. The van der Waals surface area contributed by atoms with E-state index in [1.165, 1.54) is 12.5 Å². The van der Waals surface area contributed by atoms with Crippen LogP contribution in [0.25, 0.3) is 0 Å². The van der Waals surface area contributed by atoms with Crippen LogP contribution < -0.4 is 5.32 Å². The molecule has 0 aliphatic carbocycles. The van der Waals surface area contributed by atoms with Crippen LogP contribution in [0.5, 0.6) is 0 Å². The molecule has 1 amide bonds. The van der Waals surface area contributed by atoms with Crippen molar-refractivity contribution in [3.63, 3.8) is 0 Å². The summed E-state index contributed by atoms with van der Waals surface area (Å²) in [4.78, 5) is 10.5. The zero-order valence-electron chi connectivity index (χ0n) is 9.63. The standard InChI is InChI=1S/C11H19NO2S/c1-4-5-9(2)8-11(15)14-7-6-12-10(3)13/h8H,4-7H2,1-3H3,(H,12,13)/b9-8+. The van der Waals surface area contributed by atoms with Crippen molar-refractivity contribution in [2.45, 2.75) is 33.6 Å². The first-order valence-electron chi connectivity index (χ1n) is 5.14. The molecule has 3 nitrogen and oxygen atoms in total. The maximum absolute atomic E-state index is 10.5. The summed E-state index contributed by atoms with van der Waals surface area (Å²) in [6, 6.07) is 0. The Balaban J connectivity index is 3.65. The molecule has 0 aromatic heterocycles. The number of carbonyl (C=O) groups is 1. The van der Waals surface area contributed by atoms with Gasteiger partial charge in [0.1, 0.15) is 6.61 Å². The predicted molar refractivity (Wildman–Crippen MR) is 65.9 cm³/mol. The molecule has 0 unspecified atom stereocenters. The number of allylic oxidation sites excluding steroid dienone is 1. The fourth-order valence-electron chi connectivity index (χ4n) is 1.09. The maximum Gasteiger partial charge on any atom is 0.216 e. The molecule has 0 aliphatic rings. The molecular formula is C11H19NO2S. The van der Waals surface area contributed by atoms with E-state index < -0.39 is 0 Å². The number of thiocarbonyl (C=S) groups is 1. The van der Waals surface area contributed by atoms with Crippen molar-refractivity contribution in [2.24, 2.45) is 0 Å². The van der Waals surface area contributed by atoms with Crippen molar-refractivity contribution in [3.05, 3.63) is 11.6 Å². The Morgan fingerprint density at radius 1 is 1.47 bits per heavy atom. The Morgan fingerprint density at radius 3 is 2.67 bits per heavy atom. The fourth-order valence-corrected chi connectivity index (χ4v) is 1.37. The van der Waals surface area contributed by atoms with E-state index >= 15 is 0 Å². The summed E-state index contributed by atoms with van der Waals surface area (Å²) in [7, 11) is 0. The minimum atomic E-state index is -0.0535. The number of hydrogen-bond donors (Lipinski definition) is 1. The van der Waals surface area contributed by atoms with Crippen LogP contribution in [0.4, 0.5) is 0 Å². The van der Waals surface area contributed by atoms with Gasteiger partial charge in [0.2, 0.25) is 5.91 Å². The molecule has 0 atom stereocenters. The van der Waals surface area contributed by atoms with Crippen LogP contribution in [0.1, 0.15) is 33.6 Å². The van der Waals surface area contributed by atoms with Gasteiger partial charge < -0.3 is 10.1 Å². The monoisotopic (exact) mass is 229 g/mol. The Bertz CT molecular complexity index is 249. The first-order valence-corrected chi connectivity index (χ1v) is 5.55. The highest BCUT2D eigenvalue weighted by atomic mass is 32.1. The third-order valence-electron chi connectivity index (χ3n) is 1.73. The van der Waals surface area contributed by atoms with E-state index in [1.807, 2.05) is 13.0 Å². The van der Waals surface area contributed by atoms with Crippen molar-refractivity contribution in [1.82, 2.24) is 5.32 Å². The molecule has 0 fully saturated rings. The second-order valence-corrected chi connectivity index (χ2v) is 3.79. The van der Waals surface area contributed by atoms with Crippen LogP contribution in [0, 0.1) is 0 Å². The number of hydrogen-bond acceptors (Lipinski definition) is 3. The van der Waals surface area contributed by atoms with Gasteiger partial charge in [0.25, 0.3) is 0 Å². The molecule has 0 rings (SSSR count). The topological polar surface area (TPSA) is 38.3 Å². The first-order chi connectivity index (χ1) is 7.06. The van der Waals surface area contributed by atoms with Crippen LogP contribution in [0.3, 0.4) is 0 Å².